The third kappa shape index (κ3) is 5.69. The first kappa shape index (κ1) is 16.6. The Hall–Kier alpha value is -1.43. The summed E-state index contributed by atoms with van der Waals surface area (Å²) in [6.45, 7) is 4.09. The van der Waals surface area contributed by atoms with Gasteiger partial charge in [0, 0.05) is 34.4 Å². The van der Waals surface area contributed by atoms with E-state index in [1.54, 1.807) is 0 Å². The molecule has 0 aromatic heterocycles. The first-order chi connectivity index (χ1) is 9.42. The van der Waals surface area contributed by atoms with Crippen molar-refractivity contribution >= 4 is 28.1 Å². The summed E-state index contributed by atoms with van der Waals surface area (Å²) in [6, 6.07) is 4.01. The number of nitrogen functional groups attached to an aromatic ring is 1. The van der Waals surface area contributed by atoms with Gasteiger partial charge in [-0.2, -0.15) is 0 Å². The Bertz CT molecular complexity index is 494. The number of nitrogens with one attached hydrogen (secondary N) is 1. The average molecular weight is 300 g/mol. The maximum atomic E-state index is 13.0. The zero-order valence-corrected chi connectivity index (χ0v) is 12.6. The van der Waals surface area contributed by atoms with E-state index in [1.807, 2.05) is 13.8 Å². The summed E-state index contributed by atoms with van der Waals surface area (Å²) in [7, 11) is -0.982. The lowest BCUT2D eigenvalue weighted by molar-refractivity contribution is -0.115. The molecule has 2 atom stereocenters. The highest BCUT2D eigenvalue weighted by Gasteiger charge is 2.09. The van der Waals surface area contributed by atoms with Crippen LogP contribution in [0.3, 0.4) is 0 Å². The van der Waals surface area contributed by atoms with Gasteiger partial charge < -0.3 is 11.1 Å². The average Bonchev–Trinajstić information content (AvgIpc) is 2.40. The summed E-state index contributed by atoms with van der Waals surface area (Å²) in [5.41, 5.74) is 5.85. The number of benzene rings is 1. The van der Waals surface area contributed by atoms with Crippen molar-refractivity contribution < 1.29 is 13.4 Å². The van der Waals surface area contributed by atoms with Crippen LogP contribution in [0, 0.1) is 11.7 Å². The molecule has 0 saturated heterocycles. The van der Waals surface area contributed by atoms with Crippen molar-refractivity contribution in [1.29, 1.82) is 0 Å². The molecule has 0 aliphatic heterocycles. The molecule has 0 spiro atoms. The molecule has 112 valence electrons. The molecule has 0 radical (unpaired) electrons. The van der Waals surface area contributed by atoms with Crippen LogP contribution < -0.4 is 11.1 Å². The van der Waals surface area contributed by atoms with Crippen LogP contribution in [0.2, 0.25) is 0 Å². The van der Waals surface area contributed by atoms with Crippen molar-refractivity contribution in [3.63, 3.8) is 0 Å². The third-order valence-corrected chi connectivity index (χ3v) is 4.60. The minimum atomic E-state index is -0.982. The lowest BCUT2D eigenvalue weighted by Crippen LogP contribution is -2.17. The van der Waals surface area contributed by atoms with Crippen LogP contribution in [0.1, 0.15) is 26.7 Å². The third-order valence-electron chi connectivity index (χ3n) is 3.00. The number of amides is 1. The monoisotopic (exact) mass is 300 g/mol. The number of nitrogens with two attached hydrogens (primary N) is 1. The molecule has 1 rings (SSSR count). The van der Waals surface area contributed by atoms with Gasteiger partial charge >= 0.3 is 0 Å². The first-order valence-corrected chi connectivity index (χ1v) is 8.11. The predicted molar refractivity (Wildman–Crippen MR) is 81.4 cm³/mol. The molecule has 1 aromatic rings. The van der Waals surface area contributed by atoms with Crippen molar-refractivity contribution in [3.05, 3.63) is 24.0 Å². The Kier molecular flexibility index (Phi) is 6.64. The summed E-state index contributed by atoms with van der Waals surface area (Å²) in [4.78, 5) is 11.7. The number of halogens is 1. The molecular weight excluding hydrogens is 279 g/mol. The van der Waals surface area contributed by atoms with E-state index in [-0.39, 0.29) is 18.0 Å². The zero-order chi connectivity index (χ0) is 15.1. The molecular formula is C14H21FN2O2S. The number of anilines is 2. The summed E-state index contributed by atoms with van der Waals surface area (Å²) < 4.78 is 24.7. The predicted octanol–water partition coefficient (Wildman–Crippen LogP) is 2.53. The number of carbonyl (C=O) groups is 1. The van der Waals surface area contributed by atoms with Crippen LogP contribution in [0.5, 0.6) is 0 Å². The summed E-state index contributed by atoms with van der Waals surface area (Å²) in [6.07, 6.45) is 1.16. The fourth-order valence-corrected chi connectivity index (χ4v) is 3.02. The van der Waals surface area contributed by atoms with Crippen LogP contribution in [0.4, 0.5) is 15.8 Å². The van der Waals surface area contributed by atoms with Crippen LogP contribution in [-0.2, 0) is 15.6 Å². The second kappa shape index (κ2) is 7.99. The molecule has 0 bridgehead atoms. The Labute approximate surface area is 121 Å². The van der Waals surface area contributed by atoms with Crippen LogP contribution in [0.15, 0.2) is 18.2 Å². The van der Waals surface area contributed by atoms with E-state index >= 15 is 0 Å². The molecule has 6 heteroatoms. The Morgan fingerprint density at radius 3 is 2.80 bits per heavy atom. The first-order valence-electron chi connectivity index (χ1n) is 6.62. The van der Waals surface area contributed by atoms with Gasteiger partial charge in [0.1, 0.15) is 5.82 Å². The topological polar surface area (TPSA) is 72.2 Å². The van der Waals surface area contributed by atoms with Crippen molar-refractivity contribution in [2.75, 3.05) is 22.6 Å². The van der Waals surface area contributed by atoms with Crippen LogP contribution >= 0.6 is 0 Å². The highest BCUT2D eigenvalue weighted by atomic mass is 32.2. The zero-order valence-electron chi connectivity index (χ0n) is 11.8. The van der Waals surface area contributed by atoms with E-state index in [0.717, 1.165) is 6.42 Å². The highest BCUT2D eigenvalue weighted by molar-refractivity contribution is 7.85. The molecule has 4 nitrogen and oxygen atoms in total. The standard InChI is InChI=1S/C14H21FN2O2S/c1-3-10(2)9-20(19)7-6-14(18)17-11-4-5-12(15)13(16)8-11/h4-5,8,10H,3,6-7,9,16H2,1-2H3,(H,17,18). The van der Waals surface area contributed by atoms with Gasteiger partial charge in [0.05, 0.1) is 5.69 Å². The highest BCUT2D eigenvalue weighted by Crippen LogP contribution is 2.16. The van der Waals surface area contributed by atoms with E-state index in [2.05, 4.69) is 5.32 Å². The van der Waals surface area contributed by atoms with E-state index in [4.69, 9.17) is 5.73 Å². The number of hydrogen-bond donors (Lipinski definition) is 2. The fourth-order valence-electron chi connectivity index (χ4n) is 1.57. The maximum Gasteiger partial charge on any atom is 0.225 e. The van der Waals surface area contributed by atoms with E-state index in [9.17, 15) is 13.4 Å². The van der Waals surface area contributed by atoms with Gasteiger partial charge in [-0.1, -0.05) is 20.3 Å². The normalized spacial score (nSPS) is 13.8. The Morgan fingerprint density at radius 2 is 2.20 bits per heavy atom. The summed E-state index contributed by atoms with van der Waals surface area (Å²) >= 11 is 0. The largest absolute Gasteiger partial charge is 0.396 e. The molecule has 0 fully saturated rings. The SMILES string of the molecule is CCC(C)CS(=O)CCC(=O)Nc1ccc(F)c(N)c1. The molecule has 1 aromatic carbocycles. The fraction of sp³-hybridized carbons (Fsp3) is 0.500. The van der Waals surface area contributed by atoms with Gasteiger partial charge in [-0.3, -0.25) is 9.00 Å². The van der Waals surface area contributed by atoms with Gasteiger partial charge in [-0.15, -0.1) is 0 Å². The van der Waals surface area contributed by atoms with E-state index in [1.165, 1.54) is 18.2 Å². The van der Waals surface area contributed by atoms with Crippen molar-refractivity contribution in [2.45, 2.75) is 26.7 Å². The molecule has 0 saturated carbocycles. The summed E-state index contributed by atoms with van der Waals surface area (Å²) in [5.74, 6) is 0.599. The van der Waals surface area contributed by atoms with Crippen molar-refractivity contribution in [2.24, 2.45) is 5.92 Å². The molecule has 0 aliphatic rings. The van der Waals surface area contributed by atoms with Gasteiger partial charge in [0.15, 0.2) is 0 Å². The minimum Gasteiger partial charge on any atom is -0.396 e. The molecule has 0 heterocycles. The molecule has 2 unspecified atom stereocenters. The summed E-state index contributed by atoms with van der Waals surface area (Å²) in [5, 5.41) is 2.61. The van der Waals surface area contributed by atoms with Crippen molar-refractivity contribution in [3.8, 4) is 0 Å². The van der Waals surface area contributed by atoms with Gasteiger partial charge in [0.25, 0.3) is 0 Å². The lowest BCUT2D eigenvalue weighted by Gasteiger charge is -2.09. The van der Waals surface area contributed by atoms with Crippen LogP contribution in [-0.4, -0.2) is 21.6 Å². The maximum absolute atomic E-state index is 13.0. The smallest absolute Gasteiger partial charge is 0.225 e. The van der Waals surface area contributed by atoms with Crippen LogP contribution in [0.25, 0.3) is 0 Å². The number of carbonyl (C=O) groups excluding carboxylic acids is 1. The lowest BCUT2D eigenvalue weighted by atomic mass is 10.2. The van der Waals surface area contributed by atoms with Gasteiger partial charge in [-0.05, 0) is 24.1 Å². The second-order valence-electron chi connectivity index (χ2n) is 4.86. The minimum absolute atomic E-state index is 0.0110. The Balaban J connectivity index is 2.40. The number of hydrogen-bond acceptors (Lipinski definition) is 3. The Morgan fingerprint density at radius 1 is 1.50 bits per heavy atom. The van der Waals surface area contributed by atoms with Gasteiger partial charge in [0.2, 0.25) is 5.91 Å². The molecule has 1 amide bonds. The molecule has 3 N–H and O–H groups in total. The quantitative estimate of drug-likeness (QED) is 0.760. The van der Waals surface area contributed by atoms with Crippen molar-refractivity contribution in [1.82, 2.24) is 0 Å². The second-order valence-corrected chi connectivity index (χ2v) is 6.48. The molecule has 20 heavy (non-hydrogen) atoms. The van der Waals surface area contributed by atoms with Gasteiger partial charge in [-0.25, -0.2) is 4.39 Å². The van der Waals surface area contributed by atoms with E-state index < -0.39 is 16.6 Å². The van der Waals surface area contributed by atoms with E-state index in [0.29, 0.717) is 23.1 Å². The molecule has 0 aliphatic carbocycles. The number of rotatable bonds is 7.